The van der Waals surface area contributed by atoms with E-state index in [1.165, 1.54) is 5.56 Å². The molecule has 4 nitrogen and oxygen atoms in total. The molecule has 22 heavy (non-hydrogen) atoms. The SMILES string of the molecule is COc1cc(C2=NCCN2)ccc1OCCc1ccccc1. The van der Waals surface area contributed by atoms with E-state index in [0.29, 0.717) is 6.61 Å². The van der Waals surface area contributed by atoms with Gasteiger partial charge in [0, 0.05) is 18.5 Å². The normalized spacial score (nSPS) is 13.4. The molecule has 1 aliphatic rings. The van der Waals surface area contributed by atoms with Crippen LogP contribution in [-0.2, 0) is 6.42 Å². The van der Waals surface area contributed by atoms with Crippen molar-refractivity contribution in [2.45, 2.75) is 6.42 Å². The Morgan fingerprint density at radius 2 is 1.95 bits per heavy atom. The molecule has 0 spiro atoms. The summed E-state index contributed by atoms with van der Waals surface area (Å²) in [6, 6.07) is 16.2. The Kier molecular flexibility index (Phi) is 4.59. The summed E-state index contributed by atoms with van der Waals surface area (Å²) in [4.78, 5) is 4.42. The smallest absolute Gasteiger partial charge is 0.161 e. The van der Waals surface area contributed by atoms with Gasteiger partial charge in [0.25, 0.3) is 0 Å². The lowest BCUT2D eigenvalue weighted by molar-refractivity contribution is 0.297. The average Bonchev–Trinajstić information content (AvgIpc) is 3.10. The molecule has 0 radical (unpaired) electrons. The molecular weight excluding hydrogens is 276 g/mol. The summed E-state index contributed by atoms with van der Waals surface area (Å²) >= 11 is 0. The van der Waals surface area contributed by atoms with Crippen molar-refractivity contribution >= 4 is 5.84 Å². The maximum atomic E-state index is 5.86. The van der Waals surface area contributed by atoms with Crippen molar-refractivity contribution in [2.24, 2.45) is 4.99 Å². The molecule has 0 fully saturated rings. The highest BCUT2D eigenvalue weighted by Crippen LogP contribution is 2.28. The highest BCUT2D eigenvalue weighted by atomic mass is 16.5. The predicted octanol–water partition coefficient (Wildman–Crippen LogP) is 2.67. The van der Waals surface area contributed by atoms with Gasteiger partial charge in [0.15, 0.2) is 11.5 Å². The van der Waals surface area contributed by atoms with Gasteiger partial charge < -0.3 is 14.8 Å². The molecule has 0 bridgehead atoms. The Labute approximate surface area is 130 Å². The summed E-state index contributed by atoms with van der Waals surface area (Å²) in [6.07, 6.45) is 0.875. The molecule has 1 N–H and O–H groups in total. The zero-order chi connectivity index (χ0) is 15.2. The summed E-state index contributed by atoms with van der Waals surface area (Å²) in [7, 11) is 1.66. The molecule has 0 atom stereocenters. The number of nitrogens with zero attached hydrogens (tertiary/aromatic N) is 1. The first-order chi connectivity index (χ1) is 10.9. The van der Waals surface area contributed by atoms with Crippen molar-refractivity contribution in [3.8, 4) is 11.5 Å². The van der Waals surface area contributed by atoms with Crippen LogP contribution < -0.4 is 14.8 Å². The molecular formula is C18H20N2O2. The predicted molar refractivity (Wildman–Crippen MR) is 88.0 cm³/mol. The quantitative estimate of drug-likeness (QED) is 0.891. The third-order valence-electron chi connectivity index (χ3n) is 3.60. The molecule has 0 saturated carbocycles. The van der Waals surface area contributed by atoms with Crippen molar-refractivity contribution in [2.75, 3.05) is 26.8 Å². The Hall–Kier alpha value is -2.49. The van der Waals surface area contributed by atoms with E-state index in [9.17, 15) is 0 Å². The van der Waals surface area contributed by atoms with Crippen molar-refractivity contribution in [3.63, 3.8) is 0 Å². The van der Waals surface area contributed by atoms with Crippen molar-refractivity contribution in [3.05, 3.63) is 59.7 Å². The molecule has 0 saturated heterocycles. The number of hydrogen-bond acceptors (Lipinski definition) is 4. The van der Waals surface area contributed by atoms with Crippen LogP contribution in [0, 0.1) is 0 Å². The molecule has 0 aliphatic carbocycles. The third kappa shape index (κ3) is 3.39. The summed E-state index contributed by atoms with van der Waals surface area (Å²) in [5.74, 6) is 2.43. The first-order valence-electron chi connectivity index (χ1n) is 7.50. The van der Waals surface area contributed by atoms with Gasteiger partial charge in [0.05, 0.1) is 20.3 Å². The van der Waals surface area contributed by atoms with Gasteiger partial charge in [-0.15, -0.1) is 0 Å². The van der Waals surface area contributed by atoms with Gasteiger partial charge in [-0.2, -0.15) is 0 Å². The molecule has 0 amide bonds. The number of benzene rings is 2. The second-order valence-corrected chi connectivity index (χ2v) is 5.11. The minimum atomic E-state index is 0.624. The Morgan fingerprint density at radius 3 is 2.68 bits per heavy atom. The van der Waals surface area contributed by atoms with Gasteiger partial charge in [0.1, 0.15) is 5.84 Å². The minimum absolute atomic E-state index is 0.624. The second-order valence-electron chi connectivity index (χ2n) is 5.11. The topological polar surface area (TPSA) is 42.8 Å². The zero-order valence-electron chi connectivity index (χ0n) is 12.7. The van der Waals surface area contributed by atoms with Crippen molar-refractivity contribution in [1.29, 1.82) is 0 Å². The summed E-state index contributed by atoms with van der Waals surface area (Å²) < 4.78 is 11.3. The molecule has 0 aromatic heterocycles. The van der Waals surface area contributed by atoms with E-state index in [-0.39, 0.29) is 0 Å². The van der Waals surface area contributed by atoms with Gasteiger partial charge in [-0.1, -0.05) is 30.3 Å². The zero-order valence-corrected chi connectivity index (χ0v) is 12.7. The lowest BCUT2D eigenvalue weighted by atomic mass is 10.1. The summed E-state index contributed by atoms with van der Waals surface area (Å²) in [5, 5.41) is 3.26. The standard InChI is InChI=1S/C18H20N2O2/c1-21-17-13-15(18-19-10-11-20-18)7-8-16(17)22-12-9-14-5-3-2-4-6-14/h2-8,13H,9-12H2,1H3,(H,19,20). The van der Waals surface area contributed by atoms with Crippen LogP contribution in [0.2, 0.25) is 0 Å². The largest absolute Gasteiger partial charge is 0.493 e. The monoisotopic (exact) mass is 296 g/mol. The fourth-order valence-corrected chi connectivity index (χ4v) is 2.45. The van der Waals surface area contributed by atoms with E-state index in [1.807, 2.05) is 36.4 Å². The van der Waals surface area contributed by atoms with Gasteiger partial charge in [0.2, 0.25) is 0 Å². The van der Waals surface area contributed by atoms with Crippen LogP contribution in [0.1, 0.15) is 11.1 Å². The minimum Gasteiger partial charge on any atom is -0.493 e. The lowest BCUT2D eigenvalue weighted by Crippen LogP contribution is -2.19. The van der Waals surface area contributed by atoms with Crippen LogP contribution >= 0.6 is 0 Å². The van der Waals surface area contributed by atoms with Crippen LogP contribution in [0.15, 0.2) is 53.5 Å². The fourth-order valence-electron chi connectivity index (χ4n) is 2.45. The number of nitrogens with one attached hydrogen (secondary N) is 1. The van der Waals surface area contributed by atoms with Crippen molar-refractivity contribution < 1.29 is 9.47 Å². The average molecular weight is 296 g/mol. The van der Waals surface area contributed by atoms with E-state index < -0.39 is 0 Å². The van der Waals surface area contributed by atoms with E-state index in [1.54, 1.807) is 7.11 Å². The Balaban J connectivity index is 1.65. The van der Waals surface area contributed by atoms with Crippen LogP contribution in [0.4, 0.5) is 0 Å². The van der Waals surface area contributed by atoms with E-state index in [4.69, 9.17) is 9.47 Å². The first kappa shape index (κ1) is 14.4. The molecule has 1 heterocycles. The van der Waals surface area contributed by atoms with Gasteiger partial charge >= 0.3 is 0 Å². The van der Waals surface area contributed by atoms with E-state index in [2.05, 4.69) is 22.4 Å². The summed E-state index contributed by atoms with van der Waals surface area (Å²) in [6.45, 7) is 2.35. The molecule has 2 aromatic rings. The summed E-state index contributed by atoms with van der Waals surface area (Å²) in [5.41, 5.74) is 2.30. The maximum absolute atomic E-state index is 5.86. The van der Waals surface area contributed by atoms with Crippen LogP contribution in [-0.4, -0.2) is 32.6 Å². The number of methoxy groups -OCH3 is 1. The third-order valence-corrected chi connectivity index (χ3v) is 3.60. The Bertz CT molecular complexity index is 653. The highest BCUT2D eigenvalue weighted by molar-refractivity contribution is 6.00. The van der Waals surface area contributed by atoms with Gasteiger partial charge in [-0.3, -0.25) is 4.99 Å². The van der Waals surface area contributed by atoms with E-state index in [0.717, 1.165) is 42.4 Å². The van der Waals surface area contributed by atoms with Gasteiger partial charge in [-0.25, -0.2) is 0 Å². The Morgan fingerprint density at radius 1 is 1.09 bits per heavy atom. The highest BCUT2D eigenvalue weighted by Gasteiger charge is 2.12. The molecule has 0 unspecified atom stereocenters. The van der Waals surface area contributed by atoms with Crippen LogP contribution in [0.5, 0.6) is 11.5 Å². The van der Waals surface area contributed by atoms with Crippen LogP contribution in [0.3, 0.4) is 0 Å². The molecule has 114 valence electrons. The van der Waals surface area contributed by atoms with E-state index >= 15 is 0 Å². The molecule has 3 rings (SSSR count). The number of aliphatic imine (C=N–C) groups is 1. The number of hydrogen-bond donors (Lipinski definition) is 1. The number of amidine groups is 1. The van der Waals surface area contributed by atoms with Gasteiger partial charge in [-0.05, 0) is 23.8 Å². The molecule has 1 aliphatic heterocycles. The van der Waals surface area contributed by atoms with Crippen LogP contribution in [0.25, 0.3) is 0 Å². The lowest BCUT2D eigenvalue weighted by Gasteiger charge is -2.12. The number of rotatable bonds is 6. The fraction of sp³-hybridized carbons (Fsp3) is 0.278. The molecule has 4 heteroatoms. The first-order valence-corrected chi connectivity index (χ1v) is 7.50. The van der Waals surface area contributed by atoms with Crippen molar-refractivity contribution in [1.82, 2.24) is 5.32 Å². The molecule has 2 aromatic carbocycles. The number of ether oxygens (including phenoxy) is 2. The second kappa shape index (κ2) is 6.98. The maximum Gasteiger partial charge on any atom is 0.161 e.